The lowest BCUT2D eigenvalue weighted by atomic mass is 10.1. The third-order valence-electron chi connectivity index (χ3n) is 3.13. The number of hydrogen-bond acceptors (Lipinski definition) is 4. The lowest BCUT2D eigenvalue weighted by Gasteiger charge is -2.14. The van der Waals surface area contributed by atoms with Crippen LogP contribution in [-0.2, 0) is 12.7 Å². The lowest BCUT2D eigenvalue weighted by Crippen LogP contribution is -2.23. The fraction of sp³-hybridized carbons (Fsp3) is 0.385. The van der Waals surface area contributed by atoms with E-state index in [0.29, 0.717) is 32.9 Å². The van der Waals surface area contributed by atoms with E-state index in [1.54, 1.807) is 13.8 Å². The molecule has 21 heavy (non-hydrogen) atoms. The van der Waals surface area contributed by atoms with Crippen LogP contribution in [-0.4, -0.2) is 16.7 Å². The van der Waals surface area contributed by atoms with Crippen LogP contribution in [0.25, 0.3) is 0 Å². The van der Waals surface area contributed by atoms with Gasteiger partial charge in [0.2, 0.25) is 0 Å². The number of aryl methyl sites for hydroxylation is 1. The van der Waals surface area contributed by atoms with Crippen LogP contribution in [0.5, 0.6) is 5.75 Å². The van der Waals surface area contributed by atoms with E-state index in [-0.39, 0.29) is 6.54 Å². The molecule has 0 aliphatic rings. The van der Waals surface area contributed by atoms with Crippen molar-refractivity contribution in [3.05, 3.63) is 43.8 Å². The van der Waals surface area contributed by atoms with Crippen molar-refractivity contribution in [1.82, 2.24) is 9.55 Å². The van der Waals surface area contributed by atoms with Crippen LogP contribution >= 0.6 is 11.3 Å². The van der Waals surface area contributed by atoms with Crippen molar-refractivity contribution in [1.29, 1.82) is 0 Å². The minimum atomic E-state index is -4.57. The molecule has 8 heteroatoms. The molecule has 2 heterocycles. The van der Waals surface area contributed by atoms with Gasteiger partial charge in [-0.3, -0.25) is 14.3 Å². The largest absolute Gasteiger partial charge is 0.496 e. The van der Waals surface area contributed by atoms with Gasteiger partial charge < -0.3 is 4.74 Å². The Morgan fingerprint density at radius 1 is 1.38 bits per heavy atom. The van der Waals surface area contributed by atoms with Crippen molar-refractivity contribution in [3.8, 4) is 5.75 Å². The Morgan fingerprint density at radius 3 is 2.62 bits per heavy atom. The van der Waals surface area contributed by atoms with Gasteiger partial charge in [0.05, 0.1) is 19.3 Å². The van der Waals surface area contributed by atoms with Crippen LogP contribution in [0.4, 0.5) is 13.2 Å². The summed E-state index contributed by atoms with van der Waals surface area (Å²) in [7, 11) is 1.48. The average Bonchev–Trinajstić information content (AvgIpc) is 2.75. The molecule has 0 aliphatic carbocycles. The van der Waals surface area contributed by atoms with Gasteiger partial charge in [-0.2, -0.15) is 13.2 Å². The zero-order chi connectivity index (χ0) is 15.8. The van der Waals surface area contributed by atoms with Crippen molar-refractivity contribution in [2.75, 3.05) is 7.11 Å². The molecule has 0 aliphatic heterocycles. The maximum absolute atomic E-state index is 12.9. The lowest BCUT2D eigenvalue weighted by molar-refractivity contribution is -0.143. The molecule has 114 valence electrons. The van der Waals surface area contributed by atoms with E-state index in [1.807, 2.05) is 0 Å². The molecule has 0 atom stereocenters. The van der Waals surface area contributed by atoms with E-state index < -0.39 is 16.7 Å². The molecule has 0 saturated heterocycles. The number of nitrogens with zero attached hydrogens (tertiary/aromatic N) is 2. The highest BCUT2D eigenvalue weighted by molar-refractivity contribution is 7.07. The van der Waals surface area contributed by atoms with Gasteiger partial charge >= 0.3 is 11.0 Å². The molecular weight excluding hydrogens is 305 g/mol. The van der Waals surface area contributed by atoms with E-state index in [1.165, 1.54) is 13.3 Å². The Bertz CT molecular complexity index is 719. The molecule has 0 unspecified atom stereocenters. The third kappa shape index (κ3) is 2.94. The van der Waals surface area contributed by atoms with Gasteiger partial charge in [0.25, 0.3) is 0 Å². The van der Waals surface area contributed by atoms with E-state index >= 15 is 0 Å². The third-order valence-corrected chi connectivity index (χ3v) is 3.89. The number of rotatable bonds is 3. The Balaban J connectivity index is 2.49. The maximum atomic E-state index is 12.9. The predicted molar refractivity (Wildman–Crippen MR) is 72.9 cm³/mol. The van der Waals surface area contributed by atoms with E-state index in [4.69, 9.17) is 4.74 Å². The topological polar surface area (TPSA) is 44.1 Å². The van der Waals surface area contributed by atoms with Crippen molar-refractivity contribution >= 4 is 11.3 Å². The first-order chi connectivity index (χ1) is 9.75. The summed E-state index contributed by atoms with van der Waals surface area (Å²) in [5.74, 6) is 0.567. The minimum Gasteiger partial charge on any atom is -0.496 e. The Hall–Kier alpha value is -1.83. The quantitative estimate of drug-likeness (QED) is 0.874. The van der Waals surface area contributed by atoms with E-state index in [2.05, 4.69) is 4.98 Å². The second-order valence-corrected chi connectivity index (χ2v) is 5.34. The van der Waals surface area contributed by atoms with Gasteiger partial charge in [-0.1, -0.05) is 11.3 Å². The molecule has 2 aromatic rings. The SMILES string of the molecule is COc1c(C)cnc(Cn2c(C(F)(F)F)csc2=O)c1C. The number of pyridine rings is 1. The summed E-state index contributed by atoms with van der Waals surface area (Å²) in [6.45, 7) is 3.26. The zero-order valence-electron chi connectivity index (χ0n) is 11.6. The fourth-order valence-corrected chi connectivity index (χ4v) is 2.85. The molecule has 0 bridgehead atoms. The second kappa shape index (κ2) is 5.51. The number of ether oxygens (including phenoxy) is 1. The number of hydrogen-bond donors (Lipinski definition) is 0. The summed E-state index contributed by atoms with van der Waals surface area (Å²) >= 11 is 0.524. The van der Waals surface area contributed by atoms with Crippen molar-refractivity contribution in [2.45, 2.75) is 26.6 Å². The molecule has 2 aromatic heterocycles. The first kappa shape index (κ1) is 15.6. The summed E-state index contributed by atoms with van der Waals surface area (Å²) in [5, 5.41) is 0.823. The number of thiazole rings is 1. The summed E-state index contributed by atoms with van der Waals surface area (Å²) in [6, 6.07) is 0. The zero-order valence-corrected chi connectivity index (χ0v) is 12.4. The Morgan fingerprint density at radius 2 is 2.05 bits per heavy atom. The molecule has 4 nitrogen and oxygen atoms in total. The van der Waals surface area contributed by atoms with Gasteiger partial charge in [0.15, 0.2) is 0 Å². The molecule has 2 rings (SSSR count). The first-order valence-electron chi connectivity index (χ1n) is 6.00. The van der Waals surface area contributed by atoms with Crippen LogP contribution in [0.15, 0.2) is 16.4 Å². The highest BCUT2D eigenvalue weighted by atomic mass is 32.1. The van der Waals surface area contributed by atoms with Gasteiger partial charge in [-0.05, 0) is 13.8 Å². The first-order valence-corrected chi connectivity index (χ1v) is 6.88. The highest BCUT2D eigenvalue weighted by Crippen LogP contribution is 2.30. The summed E-state index contributed by atoms with van der Waals surface area (Å²) in [5.41, 5.74) is 0.831. The average molecular weight is 318 g/mol. The van der Waals surface area contributed by atoms with Crippen LogP contribution in [0.1, 0.15) is 22.5 Å². The Labute approximate surface area is 122 Å². The molecule has 0 radical (unpaired) electrons. The molecule has 0 spiro atoms. The van der Waals surface area contributed by atoms with Crippen LogP contribution in [0, 0.1) is 13.8 Å². The van der Waals surface area contributed by atoms with Gasteiger partial charge in [-0.15, -0.1) is 0 Å². The van der Waals surface area contributed by atoms with Gasteiger partial charge in [0.1, 0.15) is 11.4 Å². The van der Waals surface area contributed by atoms with Gasteiger partial charge in [0, 0.05) is 22.7 Å². The molecule has 0 amide bonds. The predicted octanol–water partition coefficient (Wildman–Crippen LogP) is 3.00. The monoisotopic (exact) mass is 318 g/mol. The molecular formula is C13H13F3N2O2S. The number of aromatic nitrogens is 2. The summed E-state index contributed by atoms with van der Waals surface area (Å²) in [4.78, 5) is 15.1. The fourth-order valence-electron chi connectivity index (χ4n) is 2.08. The van der Waals surface area contributed by atoms with Crippen molar-refractivity contribution in [2.24, 2.45) is 0 Å². The molecule has 0 aromatic carbocycles. The molecule has 0 fully saturated rings. The number of alkyl halides is 3. The van der Waals surface area contributed by atoms with Crippen molar-refractivity contribution in [3.63, 3.8) is 0 Å². The van der Waals surface area contributed by atoms with Crippen molar-refractivity contribution < 1.29 is 17.9 Å². The number of halogens is 3. The minimum absolute atomic E-state index is 0.236. The molecule has 0 saturated carbocycles. The van der Waals surface area contributed by atoms with E-state index in [0.717, 1.165) is 10.9 Å². The van der Waals surface area contributed by atoms with Crippen LogP contribution < -0.4 is 9.61 Å². The maximum Gasteiger partial charge on any atom is 0.432 e. The Kier molecular flexibility index (Phi) is 4.08. The second-order valence-electron chi connectivity index (χ2n) is 4.52. The summed E-state index contributed by atoms with van der Waals surface area (Å²) in [6.07, 6.45) is -3.05. The number of methoxy groups -OCH3 is 1. The van der Waals surface area contributed by atoms with Gasteiger partial charge in [-0.25, -0.2) is 0 Å². The van der Waals surface area contributed by atoms with Crippen LogP contribution in [0.3, 0.4) is 0 Å². The highest BCUT2D eigenvalue weighted by Gasteiger charge is 2.35. The van der Waals surface area contributed by atoms with E-state index in [9.17, 15) is 18.0 Å². The standard InChI is InChI=1S/C13H13F3N2O2S/c1-7-4-17-9(8(2)11(7)20-3)5-18-10(13(14,15)16)6-21-12(18)19/h4,6H,5H2,1-3H3. The van der Waals surface area contributed by atoms with Crippen LogP contribution in [0.2, 0.25) is 0 Å². The molecule has 0 N–H and O–H groups in total. The smallest absolute Gasteiger partial charge is 0.432 e. The normalized spacial score (nSPS) is 11.7. The summed E-state index contributed by atoms with van der Waals surface area (Å²) < 4.78 is 44.5.